The highest BCUT2D eigenvalue weighted by atomic mass is 35.5. The van der Waals surface area contributed by atoms with Crippen LogP contribution in [0.5, 0.6) is 0 Å². The van der Waals surface area contributed by atoms with Crippen molar-refractivity contribution in [3.63, 3.8) is 0 Å². The van der Waals surface area contributed by atoms with E-state index in [0.29, 0.717) is 16.6 Å². The highest BCUT2D eigenvalue weighted by Crippen LogP contribution is 2.34. The van der Waals surface area contributed by atoms with Crippen molar-refractivity contribution in [2.24, 2.45) is 7.05 Å². The van der Waals surface area contributed by atoms with Crippen molar-refractivity contribution < 1.29 is 9.59 Å². The number of aryl methyl sites for hydroxylation is 2. The van der Waals surface area contributed by atoms with E-state index in [1.807, 2.05) is 66.8 Å². The van der Waals surface area contributed by atoms with Gasteiger partial charge < -0.3 is 9.88 Å². The number of hydrogen-bond donors (Lipinski definition) is 2. The second-order valence-corrected chi connectivity index (χ2v) is 9.40. The largest absolute Gasteiger partial charge is 0.348 e. The number of aromatic nitrogens is 1. The second-order valence-electron chi connectivity index (χ2n) is 7.71. The molecule has 1 atom stereocenters. The van der Waals surface area contributed by atoms with E-state index in [1.54, 1.807) is 0 Å². The SMILES string of the molecule is CC(=O)NSN1CCC(NC=O)(c2ccccc2)C1.Cc1cc2c(Cl)c(Cl)ccc2n1C. The second kappa shape index (κ2) is 10.6. The van der Waals surface area contributed by atoms with Gasteiger partial charge in [0.15, 0.2) is 0 Å². The van der Waals surface area contributed by atoms with Crippen LogP contribution in [0, 0.1) is 6.92 Å². The van der Waals surface area contributed by atoms with E-state index in [9.17, 15) is 9.59 Å². The Morgan fingerprint density at radius 3 is 2.56 bits per heavy atom. The zero-order chi connectivity index (χ0) is 23.3. The first-order valence-electron chi connectivity index (χ1n) is 10.1. The van der Waals surface area contributed by atoms with Gasteiger partial charge in [0.2, 0.25) is 12.3 Å². The minimum Gasteiger partial charge on any atom is -0.348 e. The fourth-order valence-electron chi connectivity index (χ4n) is 3.77. The average Bonchev–Trinajstić information content (AvgIpc) is 3.33. The minimum absolute atomic E-state index is 0.0782. The molecule has 2 N–H and O–H groups in total. The molecule has 3 aromatic rings. The van der Waals surface area contributed by atoms with Crippen molar-refractivity contribution in [1.29, 1.82) is 0 Å². The average molecular weight is 493 g/mol. The third-order valence-corrected chi connectivity index (χ3v) is 7.34. The summed E-state index contributed by atoms with van der Waals surface area (Å²) in [4.78, 5) is 21.8. The summed E-state index contributed by atoms with van der Waals surface area (Å²) in [5.74, 6) is -0.0782. The summed E-state index contributed by atoms with van der Waals surface area (Å²) < 4.78 is 6.85. The molecule has 32 heavy (non-hydrogen) atoms. The first-order chi connectivity index (χ1) is 15.3. The predicted molar refractivity (Wildman–Crippen MR) is 133 cm³/mol. The predicted octanol–water partition coefficient (Wildman–Crippen LogP) is 4.83. The lowest BCUT2D eigenvalue weighted by Gasteiger charge is -2.29. The Kier molecular flexibility index (Phi) is 8.11. The summed E-state index contributed by atoms with van der Waals surface area (Å²) in [5.41, 5.74) is 3.02. The summed E-state index contributed by atoms with van der Waals surface area (Å²) in [6.07, 6.45) is 1.57. The van der Waals surface area contributed by atoms with Gasteiger partial charge in [0, 0.05) is 55.8 Å². The van der Waals surface area contributed by atoms with E-state index < -0.39 is 0 Å². The maximum atomic E-state index is 10.9. The molecule has 2 aromatic carbocycles. The van der Waals surface area contributed by atoms with Gasteiger partial charge in [-0.3, -0.25) is 14.3 Å². The molecule has 6 nitrogen and oxygen atoms in total. The fourth-order valence-corrected chi connectivity index (χ4v) is 4.87. The van der Waals surface area contributed by atoms with Crippen molar-refractivity contribution in [2.45, 2.75) is 25.8 Å². The Morgan fingerprint density at radius 1 is 1.19 bits per heavy atom. The number of carbonyl (C=O) groups is 2. The van der Waals surface area contributed by atoms with Crippen molar-refractivity contribution in [1.82, 2.24) is 18.9 Å². The summed E-state index contributed by atoms with van der Waals surface area (Å²) in [7, 11) is 2.02. The monoisotopic (exact) mass is 492 g/mol. The number of amides is 2. The molecule has 0 aliphatic carbocycles. The van der Waals surface area contributed by atoms with E-state index in [-0.39, 0.29) is 11.4 Å². The zero-order valence-corrected chi connectivity index (χ0v) is 20.5. The zero-order valence-electron chi connectivity index (χ0n) is 18.2. The van der Waals surface area contributed by atoms with Crippen LogP contribution in [-0.4, -0.2) is 34.3 Å². The van der Waals surface area contributed by atoms with Gasteiger partial charge in [-0.15, -0.1) is 0 Å². The number of fused-ring (bicyclic) bond motifs is 1. The first-order valence-corrected chi connectivity index (χ1v) is 11.7. The summed E-state index contributed by atoms with van der Waals surface area (Å²) in [6.45, 7) is 5.00. The van der Waals surface area contributed by atoms with Gasteiger partial charge >= 0.3 is 0 Å². The summed E-state index contributed by atoms with van der Waals surface area (Å²) in [6, 6.07) is 15.8. The van der Waals surface area contributed by atoms with Crippen LogP contribution >= 0.6 is 35.3 Å². The van der Waals surface area contributed by atoms with Gasteiger partial charge in [0.1, 0.15) is 0 Å². The standard InChI is InChI=1S/C13H17N3O2S.C10H9Cl2N/c1-11(18)15-19-16-8-7-13(9-16,14-10-17)12-5-3-2-4-6-12;1-6-5-7-9(13(6)2)4-3-8(11)10(7)12/h2-6,10H,7-9H2,1H3,(H,14,17)(H,15,18);3-5H,1-2H3. The van der Waals surface area contributed by atoms with Crippen LogP contribution in [0.3, 0.4) is 0 Å². The van der Waals surface area contributed by atoms with E-state index in [0.717, 1.165) is 35.8 Å². The molecular formula is C23H26Cl2N4O2S. The molecule has 1 aromatic heterocycles. The maximum Gasteiger partial charge on any atom is 0.227 e. The van der Waals surface area contributed by atoms with Crippen LogP contribution in [0.25, 0.3) is 10.9 Å². The number of rotatable bonds is 5. The molecule has 2 heterocycles. The van der Waals surface area contributed by atoms with E-state index in [4.69, 9.17) is 23.2 Å². The van der Waals surface area contributed by atoms with Gasteiger partial charge in [0.25, 0.3) is 0 Å². The van der Waals surface area contributed by atoms with Crippen LogP contribution in [-0.2, 0) is 22.2 Å². The molecule has 1 unspecified atom stereocenters. The highest BCUT2D eigenvalue weighted by molar-refractivity contribution is 7.95. The Morgan fingerprint density at radius 2 is 1.91 bits per heavy atom. The molecule has 0 radical (unpaired) electrons. The fraction of sp³-hybridized carbons (Fsp3) is 0.304. The number of carbonyl (C=O) groups excluding carboxylic acids is 2. The third-order valence-electron chi connectivity index (χ3n) is 5.57. The molecule has 0 saturated carbocycles. The molecule has 1 aliphatic rings. The van der Waals surface area contributed by atoms with E-state index >= 15 is 0 Å². The number of hydrogen-bond acceptors (Lipinski definition) is 4. The van der Waals surface area contributed by atoms with Crippen molar-refractivity contribution in [2.75, 3.05) is 13.1 Å². The van der Waals surface area contributed by atoms with Crippen LogP contribution in [0.2, 0.25) is 10.0 Å². The lowest BCUT2D eigenvalue weighted by Crippen LogP contribution is -2.43. The lowest BCUT2D eigenvalue weighted by molar-refractivity contribution is -0.117. The molecule has 0 spiro atoms. The molecular weight excluding hydrogens is 467 g/mol. The minimum atomic E-state index is -0.367. The lowest BCUT2D eigenvalue weighted by atomic mass is 9.89. The van der Waals surface area contributed by atoms with Gasteiger partial charge in [-0.2, -0.15) is 0 Å². The van der Waals surface area contributed by atoms with Crippen LogP contribution in [0.1, 0.15) is 24.6 Å². The number of nitrogens with zero attached hydrogens (tertiary/aromatic N) is 2. The van der Waals surface area contributed by atoms with Crippen LogP contribution in [0.15, 0.2) is 48.5 Å². The van der Waals surface area contributed by atoms with Gasteiger partial charge in [-0.05, 0) is 37.1 Å². The smallest absolute Gasteiger partial charge is 0.227 e. The molecule has 4 rings (SSSR count). The van der Waals surface area contributed by atoms with E-state index in [1.165, 1.54) is 24.8 Å². The molecule has 1 fully saturated rings. The van der Waals surface area contributed by atoms with Gasteiger partial charge in [-0.1, -0.05) is 53.5 Å². The highest BCUT2D eigenvalue weighted by Gasteiger charge is 2.39. The Labute approximate surface area is 202 Å². The molecule has 1 aliphatic heterocycles. The number of halogens is 2. The summed E-state index contributed by atoms with van der Waals surface area (Å²) in [5, 5.41) is 5.22. The maximum absolute atomic E-state index is 10.9. The molecule has 170 valence electrons. The molecule has 0 bridgehead atoms. The Balaban J connectivity index is 0.000000193. The Bertz CT molecular complexity index is 1110. The summed E-state index contributed by atoms with van der Waals surface area (Å²) >= 11 is 13.3. The topological polar surface area (TPSA) is 66.4 Å². The van der Waals surface area contributed by atoms with Crippen molar-refractivity contribution in [3.8, 4) is 0 Å². The van der Waals surface area contributed by atoms with Gasteiger partial charge in [-0.25, -0.2) is 4.31 Å². The van der Waals surface area contributed by atoms with Crippen LogP contribution < -0.4 is 10.0 Å². The quantitative estimate of drug-likeness (QED) is 0.395. The van der Waals surface area contributed by atoms with Gasteiger partial charge in [0.05, 0.1) is 15.6 Å². The third kappa shape index (κ3) is 5.41. The first kappa shape index (κ1) is 24.5. The van der Waals surface area contributed by atoms with Crippen molar-refractivity contribution in [3.05, 3.63) is 69.8 Å². The van der Waals surface area contributed by atoms with E-state index in [2.05, 4.69) is 14.6 Å². The van der Waals surface area contributed by atoms with Crippen molar-refractivity contribution >= 4 is 58.6 Å². The Hall–Kier alpha value is -2.19. The number of benzene rings is 2. The molecule has 9 heteroatoms. The number of nitrogens with one attached hydrogen (secondary N) is 2. The molecule has 1 saturated heterocycles. The molecule has 2 amide bonds. The normalized spacial score (nSPS) is 18.2. The van der Waals surface area contributed by atoms with Crippen LogP contribution in [0.4, 0.5) is 0 Å².